The van der Waals surface area contributed by atoms with Gasteiger partial charge in [0.15, 0.2) is 9.84 Å². The normalized spacial score (nSPS) is 12.2. The third kappa shape index (κ3) is 4.72. The van der Waals surface area contributed by atoms with Crippen LogP contribution in [0.2, 0.25) is 5.02 Å². The molecule has 0 saturated heterocycles. The van der Waals surface area contributed by atoms with E-state index in [1.54, 1.807) is 13.8 Å². The number of anilines is 1. The maximum absolute atomic E-state index is 12.7. The van der Waals surface area contributed by atoms with Crippen LogP contribution in [0.1, 0.15) is 24.2 Å². The summed E-state index contributed by atoms with van der Waals surface area (Å²) in [5, 5.41) is 2.64. The molecule has 1 amide bonds. The minimum Gasteiger partial charge on any atom is -0.321 e. The lowest BCUT2D eigenvalue weighted by Crippen LogP contribution is -2.30. The quantitative estimate of drug-likeness (QED) is 0.707. The van der Waals surface area contributed by atoms with E-state index < -0.39 is 25.8 Å². The molecular formula is C18H21ClN2O5S2. The molecule has 0 unspecified atom stereocenters. The van der Waals surface area contributed by atoms with Crippen molar-refractivity contribution in [3.63, 3.8) is 0 Å². The Morgan fingerprint density at radius 3 is 2.21 bits per heavy atom. The number of sulfonamides is 1. The van der Waals surface area contributed by atoms with Gasteiger partial charge >= 0.3 is 0 Å². The Morgan fingerprint density at radius 2 is 1.64 bits per heavy atom. The first-order valence-corrected chi connectivity index (χ1v) is 12.1. The second-order valence-corrected chi connectivity index (χ2v) is 10.3. The molecule has 2 rings (SSSR count). The highest BCUT2D eigenvalue weighted by Gasteiger charge is 2.24. The first-order valence-electron chi connectivity index (χ1n) is 8.42. The molecule has 0 radical (unpaired) electrons. The first kappa shape index (κ1) is 22.4. The number of hydrogen-bond acceptors (Lipinski definition) is 5. The van der Waals surface area contributed by atoms with E-state index in [1.807, 2.05) is 0 Å². The summed E-state index contributed by atoms with van der Waals surface area (Å²) in [7, 11) is -7.37. The fraction of sp³-hybridized carbons (Fsp3) is 0.278. The van der Waals surface area contributed by atoms with Crippen LogP contribution >= 0.6 is 11.6 Å². The molecule has 2 aromatic carbocycles. The van der Waals surface area contributed by atoms with Crippen LogP contribution in [0.3, 0.4) is 0 Å². The van der Waals surface area contributed by atoms with E-state index in [4.69, 9.17) is 11.6 Å². The van der Waals surface area contributed by atoms with Gasteiger partial charge in [-0.15, -0.1) is 0 Å². The number of hydrogen-bond donors (Lipinski definition) is 1. The van der Waals surface area contributed by atoms with E-state index in [-0.39, 0.29) is 26.1 Å². The minimum atomic E-state index is -3.74. The zero-order valence-corrected chi connectivity index (χ0v) is 18.0. The Bertz CT molecular complexity index is 1090. The summed E-state index contributed by atoms with van der Waals surface area (Å²) >= 11 is 6.11. The zero-order chi connectivity index (χ0) is 21.1. The Morgan fingerprint density at radius 1 is 1.04 bits per heavy atom. The molecule has 7 nitrogen and oxygen atoms in total. The summed E-state index contributed by atoms with van der Waals surface area (Å²) in [4.78, 5) is 12.5. The molecule has 1 N–H and O–H groups in total. The Hall–Kier alpha value is -1.94. The third-order valence-electron chi connectivity index (χ3n) is 4.06. The molecule has 0 spiro atoms. The van der Waals surface area contributed by atoms with Crippen molar-refractivity contribution in [2.45, 2.75) is 23.6 Å². The number of rotatable bonds is 7. The number of nitrogens with zero attached hydrogens (tertiary/aromatic N) is 1. The van der Waals surface area contributed by atoms with Gasteiger partial charge < -0.3 is 5.32 Å². The monoisotopic (exact) mass is 444 g/mol. The van der Waals surface area contributed by atoms with E-state index in [1.165, 1.54) is 46.8 Å². The van der Waals surface area contributed by atoms with E-state index >= 15 is 0 Å². The van der Waals surface area contributed by atoms with Crippen LogP contribution in [0.5, 0.6) is 0 Å². The van der Waals surface area contributed by atoms with Crippen molar-refractivity contribution in [1.82, 2.24) is 4.31 Å². The van der Waals surface area contributed by atoms with Gasteiger partial charge in [-0.2, -0.15) is 4.31 Å². The summed E-state index contributed by atoms with van der Waals surface area (Å²) in [6, 6.07) is 9.73. The fourth-order valence-corrected chi connectivity index (χ4v) is 5.18. The summed E-state index contributed by atoms with van der Waals surface area (Å²) in [5.74, 6) is -0.708. The van der Waals surface area contributed by atoms with Crippen LogP contribution in [-0.2, 0) is 19.9 Å². The van der Waals surface area contributed by atoms with E-state index in [9.17, 15) is 21.6 Å². The van der Waals surface area contributed by atoms with Gasteiger partial charge in [-0.05, 0) is 30.3 Å². The lowest BCUT2D eigenvalue weighted by Gasteiger charge is -2.19. The van der Waals surface area contributed by atoms with Gasteiger partial charge in [0.1, 0.15) is 0 Å². The summed E-state index contributed by atoms with van der Waals surface area (Å²) in [6.45, 7) is 4.04. The van der Waals surface area contributed by atoms with Crippen molar-refractivity contribution in [1.29, 1.82) is 0 Å². The highest BCUT2D eigenvalue weighted by Crippen LogP contribution is 2.28. The molecule has 0 heterocycles. The third-order valence-corrected chi connectivity index (χ3v) is 7.59. The zero-order valence-electron chi connectivity index (χ0n) is 15.6. The van der Waals surface area contributed by atoms with Crippen LogP contribution in [0.25, 0.3) is 0 Å². The topological polar surface area (TPSA) is 101 Å². The average molecular weight is 445 g/mol. The second-order valence-electron chi connectivity index (χ2n) is 5.95. The number of nitrogens with one attached hydrogen (secondary N) is 1. The number of benzene rings is 2. The molecule has 0 aliphatic rings. The Labute approximate surface area is 170 Å². The lowest BCUT2D eigenvalue weighted by molar-refractivity contribution is 0.102. The van der Waals surface area contributed by atoms with Crippen LogP contribution in [0.4, 0.5) is 5.69 Å². The molecule has 152 valence electrons. The van der Waals surface area contributed by atoms with Gasteiger partial charge in [0.05, 0.1) is 26.1 Å². The number of amides is 1. The maximum atomic E-state index is 12.7. The van der Waals surface area contributed by atoms with E-state index in [2.05, 4.69) is 5.32 Å². The van der Waals surface area contributed by atoms with Gasteiger partial charge in [0, 0.05) is 19.3 Å². The maximum Gasteiger partial charge on any atom is 0.257 e. The standard InChI is InChI=1S/C18H21ClN2O5S2/c1-4-21(5-2)28(25,26)13-10-11-15(19)16(12-13)20-18(22)14-8-6-7-9-17(14)27(3,23)24/h6-12H,4-5H2,1-3H3,(H,20,22). The Kier molecular flexibility index (Phi) is 6.87. The molecular weight excluding hydrogens is 424 g/mol. The van der Waals surface area contributed by atoms with Crippen molar-refractivity contribution < 1.29 is 21.6 Å². The summed E-state index contributed by atoms with van der Waals surface area (Å²) in [5.41, 5.74) is 0.0151. The molecule has 0 aliphatic heterocycles. The van der Waals surface area contributed by atoms with Gasteiger partial charge in [-0.1, -0.05) is 37.6 Å². The number of carbonyl (C=O) groups is 1. The molecule has 0 aromatic heterocycles. The summed E-state index contributed by atoms with van der Waals surface area (Å²) < 4.78 is 50.5. The molecule has 0 aliphatic carbocycles. The molecule has 28 heavy (non-hydrogen) atoms. The predicted octanol–water partition coefficient (Wildman–Crippen LogP) is 3.03. The van der Waals surface area contributed by atoms with E-state index in [0.29, 0.717) is 13.1 Å². The average Bonchev–Trinajstić information content (AvgIpc) is 2.63. The van der Waals surface area contributed by atoms with Gasteiger partial charge in [-0.25, -0.2) is 16.8 Å². The molecule has 0 atom stereocenters. The SMILES string of the molecule is CCN(CC)S(=O)(=O)c1ccc(Cl)c(NC(=O)c2ccccc2S(C)(=O)=O)c1. The van der Waals surface area contributed by atoms with E-state index in [0.717, 1.165) is 6.26 Å². The fourth-order valence-electron chi connectivity index (χ4n) is 2.64. The second kappa shape index (κ2) is 8.60. The highest BCUT2D eigenvalue weighted by atomic mass is 35.5. The summed E-state index contributed by atoms with van der Waals surface area (Å²) in [6.07, 6.45) is 1.00. The number of halogens is 1. The largest absolute Gasteiger partial charge is 0.321 e. The molecule has 10 heteroatoms. The van der Waals surface area contributed by atoms with Gasteiger partial charge in [0.2, 0.25) is 10.0 Å². The van der Waals surface area contributed by atoms with Crippen molar-refractivity contribution in [2.24, 2.45) is 0 Å². The minimum absolute atomic E-state index is 0.0210. The van der Waals surface area contributed by atoms with Crippen LogP contribution in [0, 0.1) is 0 Å². The van der Waals surface area contributed by atoms with Crippen molar-refractivity contribution in [3.8, 4) is 0 Å². The number of sulfone groups is 1. The van der Waals surface area contributed by atoms with Crippen molar-refractivity contribution in [2.75, 3.05) is 24.7 Å². The van der Waals surface area contributed by atoms with Crippen molar-refractivity contribution >= 4 is 43.1 Å². The molecule has 0 saturated carbocycles. The van der Waals surface area contributed by atoms with Crippen LogP contribution in [-0.4, -0.2) is 46.4 Å². The Balaban J connectivity index is 2.45. The first-order chi connectivity index (χ1) is 13.0. The number of carbonyl (C=O) groups excluding carboxylic acids is 1. The molecule has 2 aromatic rings. The molecule has 0 fully saturated rings. The van der Waals surface area contributed by atoms with Crippen molar-refractivity contribution in [3.05, 3.63) is 53.1 Å². The molecule has 0 bridgehead atoms. The van der Waals surface area contributed by atoms with Crippen LogP contribution in [0.15, 0.2) is 52.3 Å². The predicted molar refractivity (Wildman–Crippen MR) is 109 cm³/mol. The lowest BCUT2D eigenvalue weighted by atomic mass is 10.2. The van der Waals surface area contributed by atoms with Gasteiger partial charge in [-0.3, -0.25) is 4.79 Å². The van der Waals surface area contributed by atoms with Gasteiger partial charge in [0.25, 0.3) is 5.91 Å². The highest BCUT2D eigenvalue weighted by molar-refractivity contribution is 7.90. The smallest absolute Gasteiger partial charge is 0.257 e. The van der Waals surface area contributed by atoms with Crippen LogP contribution < -0.4 is 5.32 Å².